The summed E-state index contributed by atoms with van der Waals surface area (Å²) in [6.45, 7) is 2.07. The number of halogens is 2. The fraction of sp³-hybridized carbons (Fsp3) is 0.200. The van der Waals surface area contributed by atoms with Gasteiger partial charge in [0.15, 0.2) is 0 Å². The maximum atomic E-state index is 13.1. The van der Waals surface area contributed by atoms with Crippen molar-refractivity contribution >= 4 is 39.1 Å². The summed E-state index contributed by atoms with van der Waals surface area (Å²) in [6.07, 6.45) is 2.16. The van der Waals surface area contributed by atoms with Crippen molar-refractivity contribution in [1.82, 2.24) is 5.32 Å². The van der Waals surface area contributed by atoms with Crippen LogP contribution in [0.1, 0.15) is 39.1 Å². The largest absolute Gasteiger partial charge is 0.371 e. The van der Waals surface area contributed by atoms with Crippen LogP contribution in [-0.2, 0) is 6.54 Å². The standard InChI is InChI=1S/C25H23BrFN3O2/c26-19-7-5-18(6-8-19)24(31)29-21-11-12-23(30-13-1-2-14-30)22(15-21)25(32)28-16-17-3-9-20(27)10-4-17/h3-12,15H,1-2,13-14,16H2,(H,28,32)(H,29,31). The first-order valence-corrected chi connectivity index (χ1v) is 11.3. The van der Waals surface area contributed by atoms with Crippen LogP contribution < -0.4 is 15.5 Å². The van der Waals surface area contributed by atoms with Crippen LogP contribution in [0.3, 0.4) is 0 Å². The van der Waals surface area contributed by atoms with Gasteiger partial charge in [0.1, 0.15) is 5.82 Å². The summed E-state index contributed by atoms with van der Waals surface area (Å²) in [5.74, 6) is -0.800. The minimum atomic E-state index is -0.314. The quantitative estimate of drug-likeness (QED) is 0.483. The number of benzene rings is 3. The van der Waals surface area contributed by atoms with Crippen molar-refractivity contribution in [2.75, 3.05) is 23.3 Å². The van der Waals surface area contributed by atoms with Gasteiger partial charge in [-0.05, 0) is 73.0 Å². The van der Waals surface area contributed by atoms with Crippen LogP contribution in [0.5, 0.6) is 0 Å². The van der Waals surface area contributed by atoms with Gasteiger partial charge in [-0.1, -0.05) is 28.1 Å². The van der Waals surface area contributed by atoms with Crippen molar-refractivity contribution in [2.24, 2.45) is 0 Å². The third-order valence-electron chi connectivity index (χ3n) is 5.42. The fourth-order valence-electron chi connectivity index (χ4n) is 3.71. The van der Waals surface area contributed by atoms with Gasteiger partial charge in [0.25, 0.3) is 11.8 Å². The molecule has 0 bridgehead atoms. The average molecular weight is 496 g/mol. The molecule has 0 spiro atoms. The number of hydrogen-bond donors (Lipinski definition) is 2. The normalized spacial score (nSPS) is 13.1. The van der Waals surface area contributed by atoms with Gasteiger partial charge in [0.2, 0.25) is 0 Å². The molecule has 164 valence electrons. The first kappa shape index (κ1) is 22.0. The summed E-state index contributed by atoms with van der Waals surface area (Å²) in [5, 5.41) is 5.79. The molecule has 1 aliphatic heterocycles. The predicted octanol–water partition coefficient (Wildman–Crippen LogP) is 5.37. The molecule has 1 fully saturated rings. The Morgan fingerprint density at radius 1 is 0.906 bits per heavy atom. The summed E-state index contributed by atoms with van der Waals surface area (Å²) in [5.41, 5.74) is 3.23. The second-order valence-corrected chi connectivity index (χ2v) is 8.61. The Bertz CT molecular complexity index is 1110. The number of carbonyl (C=O) groups is 2. The van der Waals surface area contributed by atoms with E-state index in [4.69, 9.17) is 0 Å². The minimum absolute atomic E-state index is 0.240. The number of rotatable bonds is 6. The zero-order chi connectivity index (χ0) is 22.5. The number of hydrogen-bond acceptors (Lipinski definition) is 3. The van der Waals surface area contributed by atoms with E-state index in [1.165, 1.54) is 12.1 Å². The van der Waals surface area contributed by atoms with E-state index in [9.17, 15) is 14.0 Å². The van der Waals surface area contributed by atoms with E-state index in [0.29, 0.717) is 16.8 Å². The number of carbonyl (C=O) groups excluding carboxylic acids is 2. The SMILES string of the molecule is O=C(Nc1ccc(N2CCCC2)c(C(=O)NCc2ccc(F)cc2)c1)c1ccc(Br)cc1. The van der Waals surface area contributed by atoms with Gasteiger partial charge in [-0.15, -0.1) is 0 Å². The van der Waals surface area contributed by atoms with Crippen molar-refractivity contribution in [3.05, 3.63) is 93.7 Å². The van der Waals surface area contributed by atoms with Gasteiger partial charge in [-0.25, -0.2) is 4.39 Å². The monoisotopic (exact) mass is 495 g/mol. The molecule has 0 unspecified atom stereocenters. The number of anilines is 2. The molecule has 7 heteroatoms. The first-order chi connectivity index (χ1) is 15.5. The van der Waals surface area contributed by atoms with Crippen LogP contribution in [0.4, 0.5) is 15.8 Å². The maximum absolute atomic E-state index is 13.1. The Labute approximate surface area is 194 Å². The molecule has 4 rings (SSSR count). The summed E-state index contributed by atoms with van der Waals surface area (Å²) < 4.78 is 14.0. The molecule has 2 N–H and O–H groups in total. The van der Waals surface area contributed by atoms with Gasteiger partial charge < -0.3 is 15.5 Å². The molecule has 1 saturated heterocycles. The average Bonchev–Trinajstić information content (AvgIpc) is 3.33. The molecule has 1 aliphatic rings. The molecule has 3 aromatic rings. The third-order valence-corrected chi connectivity index (χ3v) is 5.95. The number of amides is 2. The van der Waals surface area contributed by atoms with Crippen LogP contribution in [0.2, 0.25) is 0 Å². The topological polar surface area (TPSA) is 61.4 Å². The van der Waals surface area contributed by atoms with Gasteiger partial charge in [-0.2, -0.15) is 0 Å². The van der Waals surface area contributed by atoms with E-state index in [0.717, 1.165) is 41.7 Å². The molecular weight excluding hydrogens is 473 g/mol. The van der Waals surface area contributed by atoms with Gasteiger partial charge >= 0.3 is 0 Å². The van der Waals surface area contributed by atoms with E-state index in [2.05, 4.69) is 31.5 Å². The lowest BCUT2D eigenvalue weighted by Gasteiger charge is -2.22. The second kappa shape index (κ2) is 9.96. The number of nitrogens with one attached hydrogen (secondary N) is 2. The summed E-state index contributed by atoms with van der Waals surface area (Å²) >= 11 is 3.36. The molecule has 0 aliphatic carbocycles. The summed E-state index contributed by atoms with van der Waals surface area (Å²) in [4.78, 5) is 27.9. The lowest BCUT2D eigenvalue weighted by atomic mass is 10.1. The first-order valence-electron chi connectivity index (χ1n) is 10.5. The molecule has 32 heavy (non-hydrogen) atoms. The lowest BCUT2D eigenvalue weighted by molar-refractivity contribution is 0.0950. The van der Waals surface area contributed by atoms with Crippen LogP contribution in [-0.4, -0.2) is 24.9 Å². The molecule has 0 aromatic heterocycles. The molecule has 0 saturated carbocycles. The Morgan fingerprint density at radius 2 is 1.59 bits per heavy atom. The molecule has 2 amide bonds. The fourth-order valence-corrected chi connectivity index (χ4v) is 3.98. The van der Waals surface area contributed by atoms with E-state index >= 15 is 0 Å². The Balaban J connectivity index is 1.54. The summed E-state index contributed by atoms with van der Waals surface area (Å²) in [6, 6.07) is 18.5. The zero-order valence-electron chi connectivity index (χ0n) is 17.4. The predicted molar refractivity (Wildman–Crippen MR) is 128 cm³/mol. The van der Waals surface area contributed by atoms with Crippen molar-refractivity contribution in [1.29, 1.82) is 0 Å². The van der Waals surface area contributed by atoms with Crippen molar-refractivity contribution in [2.45, 2.75) is 19.4 Å². The smallest absolute Gasteiger partial charge is 0.255 e. The summed E-state index contributed by atoms with van der Waals surface area (Å²) in [7, 11) is 0. The van der Waals surface area contributed by atoms with Gasteiger partial charge in [0.05, 0.1) is 5.56 Å². The van der Waals surface area contributed by atoms with E-state index in [1.807, 2.05) is 12.1 Å². The zero-order valence-corrected chi connectivity index (χ0v) is 19.0. The van der Waals surface area contributed by atoms with Gasteiger partial charge in [0, 0.05) is 41.0 Å². The Hall–Kier alpha value is -3.19. The third kappa shape index (κ3) is 5.34. The maximum Gasteiger partial charge on any atom is 0.255 e. The van der Waals surface area contributed by atoms with Crippen LogP contribution in [0.15, 0.2) is 71.2 Å². The van der Waals surface area contributed by atoms with Crippen molar-refractivity contribution in [3.8, 4) is 0 Å². The van der Waals surface area contributed by atoms with E-state index in [1.54, 1.807) is 42.5 Å². The highest BCUT2D eigenvalue weighted by atomic mass is 79.9. The highest BCUT2D eigenvalue weighted by molar-refractivity contribution is 9.10. The van der Waals surface area contributed by atoms with E-state index in [-0.39, 0.29) is 24.2 Å². The van der Waals surface area contributed by atoms with Crippen LogP contribution >= 0.6 is 15.9 Å². The van der Waals surface area contributed by atoms with Gasteiger partial charge in [-0.3, -0.25) is 9.59 Å². The highest BCUT2D eigenvalue weighted by Crippen LogP contribution is 2.28. The molecule has 0 atom stereocenters. The van der Waals surface area contributed by atoms with E-state index < -0.39 is 0 Å². The Morgan fingerprint density at radius 3 is 2.28 bits per heavy atom. The molecule has 3 aromatic carbocycles. The minimum Gasteiger partial charge on any atom is -0.371 e. The molecule has 1 heterocycles. The Kier molecular flexibility index (Phi) is 6.85. The number of nitrogens with zero attached hydrogens (tertiary/aromatic N) is 1. The van der Waals surface area contributed by atoms with Crippen LogP contribution in [0, 0.1) is 5.82 Å². The van der Waals surface area contributed by atoms with Crippen molar-refractivity contribution in [3.63, 3.8) is 0 Å². The lowest BCUT2D eigenvalue weighted by Crippen LogP contribution is -2.27. The molecular formula is C25H23BrFN3O2. The highest BCUT2D eigenvalue weighted by Gasteiger charge is 2.20. The van der Waals surface area contributed by atoms with Crippen molar-refractivity contribution < 1.29 is 14.0 Å². The molecule has 0 radical (unpaired) electrons. The van der Waals surface area contributed by atoms with Crippen LogP contribution in [0.25, 0.3) is 0 Å². The molecule has 5 nitrogen and oxygen atoms in total. The second-order valence-electron chi connectivity index (χ2n) is 7.70.